The summed E-state index contributed by atoms with van der Waals surface area (Å²) in [6.45, 7) is 2.36. The summed E-state index contributed by atoms with van der Waals surface area (Å²) in [6, 6.07) is 6.88. The van der Waals surface area contributed by atoms with E-state index in [0.717, 1.165) is 0 Å². The highest BCUT2D eigenvalue weighted by Gasteiger charge is 2.25. The Bertz CT molecular complexity index is 1240. The number of ether oxygens (including phenoxy) is 2. The average Bonchev–Trinajstić information content (AvgIpc) is 3.25. The number of methoxy groups -OCH3 is 1. The largest absolute Gasteiger partial charge is 0.494 e. The second kappa shape index (κ2) is 8.42. The highest BCUT2D eigenvalue weighted by atomic mass is 19.3. The van der Waals surface area contributed by atoms with Crippen LogP contribution in [0.4, 0.5) is 14.6 Å². The van der Waals surface area contributed by atoms with Gasteiger partial charge in [-0.3, -0.25) is 4.57 Å². The fraction of sp³-hybridized carbons (Fsp3) is 0.286. The number of para-hydroxylation sites is 1. The molecule has 1 aliphatic rings. The molecule has 0 amide bonds. The Morgan fingerprint density at radius 2 is 1.84 bits per heavy atom. The third-order valence-corrected chi connectivity index (χ3v) is 5.18. The third-order valence-electron chi connectivity index (χ3n) is 5.18. The van der Waals surface area contributed by atoms with Gasteiger partial charge in [0.15, 0.2) is 5.82 Å². The Labute approximate surface area is 181 Å². The summed E-state index contributed by atoms with van der Waals surface area (Å²) in [5.74, 6) is 0.615. The number of anilines is 1. The van der Waals surface area contributed by atoms with Gasteiger partial charge in [-0.2, -0.15) is 4.98 Å². The molecule has 3 aromatic heterocycles. The number of fused-ring (bicyclic) bond motifs is 1. The Morgan fingerprint density at radius 1 is 1.06 bits per heavy atom. The normalized spacial score (nSPS) is 14.3. The maximum absolute atomic E-state index is 14.0. The van der Waals surface area contributed by atoms with Gasteiger partial charge in [0.2, 0.25) is 5.95 Å². The van der Waals surface area contributed by atoms with E-state index >= 15 is 0 Å². The van der Waals surface area contributed by atoms with Crippen molar-refractivity contribution >= 4 is 16.9 Å². The minimum absolute atomic E-state index is 0.0823. The lowest BCUT2D eigenvalue weighted by Crippen LogP contribution is -2.37. The summed E-state index contributed by atoms with van der Waals surface area (Å²) < 4.78 is 40.1. The van der Waals surface area contributed by atoms with Crippen molar-refractivity contribution in [3.8, 4) is 23.0 Å². The highest BCUT2D eigenvalue weighted by Crippen LogP contribution is 2.33. The van der Waals surface area contributed by atoms with Crippen molar-refractivity contribution in [3.05, 3.63) is 48.8 Å². The van der Waals surface area contributed by atoms with Gasteiger partial charge in [-0.15, -0.1) is 0 Å². The number of imidazole rings is 1. The van der Waals surface area contributed by atoms with Crippen LogP contribution in [0.2, 0.25) is 0 Å². The molecule has 1 aliphatic heterocycles. The summed E-state index contributed by atoms with van der Waals surface area (Å²) >= 11 is 0. The molecule has 4 heterocycles. The first kappa shape index (κ1) is 20.2. The Hall–Kier alpha value is -3.73. The van der Waals surface area contributed by atoms with Crippen LogP contribution in [0.15, 0.2) is 43.0 Å². The van der Waals surface area contributed by atoms with Gasteiger partial charge < -0.3 is 14.4 Å². The molecule has 32 heavy (non-hydrogen) atoms. The van der Waals surface area contributed by atoms with E-state index in [1.165, 1.54) is 18.0 Å². The SMILES string of the molecule is COc1cccc2c1nc(C(F)F)n2-c1nc(-c2cncnc2)cc(N2CCOCC2)n1. The van der Waals surface area contributed by atoms with Gasteiger partial charge in [-0.1, -0.05) is 6.07 Å². The fourth-order valence-electron chi connectivity index (χ4n) is 3.67. The van der Waals surface area contributed by atoms with Crippen LogP contribution in [0.5, 0.6) is 5.75 Å². The zero-order chi connectivity index (χ0) is 22.1. The van der Waals surface area contributed by atoms with Crippen LogP contribution >= 0.6 is 0 Å². The lowest BCUT2D eigenvalue weighted by Gasteiger charge is -2.28. The number of alkyl halides is 2. The maximum atomic E-state index is 14.0. The Morgan fingerprint density at radius 3 is 2.56 bits per heavy atom. The van der Waals surface area contributed by atoms with E-state index in [0.29, 0.717) is 60.2 Å². The molecule has 164 valence electrons. The van der Waals surface area contributed by atoms with Crippen molar-refractivity contribution in [2.24, 2.45) is 0 Å². The molecule has 0 unspecified atom stereocenters. The molecule has 9 nitrogen and oxygen atoms in total. The fourth-order valence-corrected chi connectivity index (χ4v) is 3.67. The topological polar surface area (TPSA) is 91.1 Å². The first-order valence-corrected chi connectivity index (χ1v) is 9.96. The van der Waals surface area contributed by atoms with E-state index in [-0.39, 0.29) is 5.95 Å². The molecule has 0 saturated carbocycles. The van der Waals surface area contributed by atoms with E-state index in [1.54, 1.807) is 36.7 Å². The minimum Gasteiger partial charge on any atom is -0.494 e. The number of nitrogens with zero attached hydrogens (tertiary/aromatic N) is 7. The Balaban J connectivity index is 1.76. The molecule has 0 radical (unpaired) electrons. The minimum atomic E-state index is -2.84. The lowest BCUT2D eigenvalue weighted by molar-refractivity contribution is 0.122. The van der Waals surface area contributed by atoms with Crippen LogP contribution in [0.25, 0.3) is 28.2 Å². The molecule has 0 N–H and O–H groups in total. The van der Waals surface area contributed by atoms with Crippen molar-refractivity contribution < 1.29 is 18.3 Å². The van der Waals surface area contributed by atoms with E-state index in [2.05, 4.69) is 24.9 Å². The van der Waals surface area contributed by atoms with Crippen molar-refractivity contribution in [3.63, 3.8) is 0 Å². The zero-order valence-corrected chi connectivity index (χ0v) is 17.2. The quantitative estimate of drug-likeness (QED) is 0.469. The molecule has 4 aromatic rings. The molecule has 1 aromatic carbocycles. The predicted molar refractivity (Wildman–Crippen MR) is 112 cm³/mol. The number of morpholine rings is 1. The summed E-state index contributed by atoms with van der Waals surface area (Å²) in [6.07, 6.45) is 1.81. The molecule has 1 fully saturated rings. The average molecular weight is 439 g/mol. The second-order valence-electron chi connectivity index (χ2n) is 7.07. The molecule has 11 heteroatoms. The first-order chi connectivity index (χ1) is 15.7. The van der Waals surface area contributed by atoms with Crippen molar-refractivity contribution in [2.75, 3.05) is 38.3 Å². The number of hydrogen-bond donors (Lipinski definition) is 0. The second-order valence-corrected chi connectivity index (χ2v) is 7.07. The summed E-state index contributed by atoms with van der Waals surface area (Å²) in [5.41, 5.74) is 1.90. The van der Waals surface area contributed by atoms with Crippen molar-refractivity contribution in [1.29, 1.82) is 0 Å². The van der Waals surface area contributed by atoms with Gasteiger partial charge in [0.05, 0.1) is 31.5 Å². The molecule has 0 spiro atoms. The van der Waals surface area contributed by atoms with Gasteiger partial charge >= 0.3 is 0 Å². The lowest BCUT2D eigenvalue weighted by atomic mass is 10.2. The van der Waals surface area contributed by atoms with E-state index in [9.17, 15) is 8.78 Å². The summed E-state index contributed by atoms with van der Waals surface area (Å²) in [5, 5.41) is 0. The van der Waals surface area contributed by atoms with E-state index < -0.39 is 12.2 Å². The van der Waals surface area contributed by atoms with Gasteiger partial charge in [0.25, 0.3) is 6.43 Å². The van der Waals surface area contributed by atoms with Crippen LogP contribution < -0.4 is 9.64 Å². The monoisotopic (exact) mass is 439 g/mol. The standard InChI is InChI=1S/C21H19F2N7O2/c1-31-16-4-2-3-15-18(16)28-20(19(22)23)30(15)21-26-14(13-10-24-12-25-11-13)9-17(27-21)29-5-7-32-8-6-29/h2-4,9-12,19H,5-8H2,1H3. The number of hydrogen-bond acceptors (Lipinski definition) is 8. The van der Waals surface area contributed by atoms with Crippen LogP contribution in [-0.4, -0.2) is 62.9 Å². The van der Waals surface area contributed by atoms with Crippen LogP contribution in [0, 0.1) is 0 Å². The smallest absolute Gasteiger partial charge is 0.296 e. The van der Waals surface area contributed by atoms with E-state index in [4.69, 9.17) is 9.47 Å². The van der Waals surface area contributed by atoms with Crippen LogP contribution in [0.3, 0.4) is 0 Å². The van der Waals surface area contributed by atoms with Gasteiger partial charge in [-0.05, 0) is 12.1 Å². The molecule has 1 saturated heterocycles. The van der Waals surface area contributed by atoms with Gasteiger partial charge in [0, 0.05) is 37.1 Å². The van der Waals surface area contributed by atoms with Gasteiger partial charge in [-0.25, -0.2) is 28.7 Å². The molecule has 5 rings (SSSR count). The molecule has 0 atom stereocenters. The molecule has 0 bridgehead atoms. The van der Waals surface area contributed by atoms with E-state index in [1.807, 2.05) is 4.90 Å². The summed E-state index contributed by atoms with van der Waals surface area (Å²) in [4.78, 5) is 23.5. The van der Waals surface area contributed by atoms with Gasteiger partial charge in [0.1, 0.15) is 23.4 Å². The van der Waals surface area contributed by atoms with Crippen molar-refractivity contribution in [2.45, 2.75) is 6.43 Å². The number of benzene rings is 1. The molecular formula is C21H19F2N7O2. The summed E-state index contributed by atoms with van der Waals surface area (Å²) in [7, 11) is 1.47. The van der Waals surface area contributed by atoms with Crippen LogP contribution in [0.1, 0.15) is 12.2 Å². The number of rotatable bonds is 5. The predicted octanol–water partition coefficient (Wildman–Crippen LogP) is 3.06. The van der Waals surface area contributed by atoms with Crippen LogP contribution in [-0.2, 0) is 4.74 Å². The zero-order valence-electron chi connectivity index (χ0n) is 17.2. The Kier molecular flexibility index (Phi) is 5.31. The number of halogens is 2. The highest BCUT2D eigenvalue weighted by molar-refractivity contribution is 5.84. The maximum Gasteiger partial charge on any atom is 0.296 e. The first-order valence-electron chi connectivity index (χ1n) is 9.96. The third kappa shape index (κ3) is 3.60. The molecular weight excluding hydrogens is 420 g/mol. The molecule has 0 aliphatic carbocycles. The number of aromatic nitrogens is 6. The van der Waals surface area contributed by atoms with Crippen molar-refractivity contribution in [1.82, 2.24) is 29.5 Å².